The second-order valence-electron chi connectivity index (χ2n) is 10.8. The van der Waals surface area contributed by atoms with Gasteiger partial charge in [0.25, 0.3) is 11.1 Å². The van der Waals surface area contributed by atoms with Crippen LogP contribution < -0.4 is 27.0 Å². The Bertz CT molecular complexity index is 1610. The summed E-state index contributed by atoms with van der Waals surface area (Å²) in [6.07, 6.45) is 4.58. The number of aryl methyl sites for hydroxylation is 1. The predicted molar refractivity (Wildman–Crippen MR) is 156 cm³/mol. The molecule has 15 nitrogen and oxygen atoms in total. The van der Waals surface area contributed by atoms with Gasteiger partial charge in [0.05, 0.1) is 30.1 Å². The normalized spacial score (nSPS) is 21.1. The van der Waals surface area contributed by atoms with Crippen LogP contribution in [0.5, 0.6) is 0 Å². The summed E-state index contributed by atoms with van der Waals surface area (Å²) in [6, 6.07) is 0. The number of amides is 1. The lowest BCUT2D eigenvalue weighted by Gasteiger charge is -2.29. The number of nitrogens with zero attached hydrogens (tertiary/aromatic N) is 3. The van der Waals surface area contributed by atoms with Gasteiger partial charge in [0.1, 0.15) is 31.4 Å². The van der Waals surface area contributed by atoms with Gasteiger partial charge in [-0.15, -0.1) is 0 Å². The Morgan fingerprint density at radius 2 is 2.02 bits per heavy atom. The van der Waals surface area contributed by atoms with Crippen LogP contribution in [0.15, 0.2) is 31.6 Å². The zero-order chi connectivity index (χ0) is 31.3. The molecule has 0 aliphatic carbocycles. The molecule has 4 atom stereocenters. The summed E-state index contributed by atoms with van der Waals surface area (Å²) in [5.41, 5.74) is -1.44. The number of H-pyrrole nitrogens is 2. The molecule has 1 saturated heterocycles. The second kappa shape index (κ2) is 13.9. The minimum atomic E-state index is -4.11. The third kappa shape index (κ3) is 8.33. The van der Waals surface area contributed by atoms with Gasteiger partial charge in [0.15, 0.2) is 0 Å². The lowest BCUT2D eigenvalue weighted by molar-refractivity contribution is -0.204. The van der Waals surface area contributed by atoms with Crippen LogP contribution in [-0.2, 0) is 36.2 Å². The molecule has 3 N–H and O–H groups in total. The first kappa shape index (κ1) is 32.4. The molecule has 0 bridgehead atoms. The molecule has 43 heavy (non-hydrogen) atoms. The quantitative estimate of drug-likeness (QED) is 0.162. The highest BCUT2D eigenvalue weighted by Crippen LogP contribution is 2.43. The predicted octanol–water partition coefficient (Wildman–Crippen LogP) is 0.700. The van der Waals surface area contributed by atoms with Gasteiger partial charge in [-0.2, -0.15) is 0 Å². The molecule has 1 amide bonds. The number of rotatable bonds is 13. The molecule has 0 saturated carbocycles. The van der Waals surface area contributed by atoms with Crippen molar-refractivity contribution in [2.24, 2.45) is 4.99 Å². The standard InChI is InChI=1S/C27H37N6O9P/c1-15(2)41-19-12-23(42-20(19)14-40-43(38,39)16(3)4)33-13-17(25(35)32-27(33)37)7-8-22(34)28-10-5-6-21-30-18-9-11-29-24(18)26(36)31-21/h7-8,11,13,15-16,19-20,23H,5-6,9-10,12,14H2,1-4H3,(H,28,34)(H,38,39)(H,30,31,36)(H,32,35,37)/p-1/b8-7+/t19?,20-,23-/m1/s1. The van der Waals surface area contributed by atoms with Crippen molar-refractivity contribution >= 4 is 31.5 Å². The van der Waals surface area contributed by atoms with E-state index < -0.39 is 48.8 Å². The van der Waals surface area contributed by atoms with Crippen LogP contribution in [0.1, 0.15) is 63.8 Å². The topological polar surface area (TPSA) is 210 Å². The summed E-state index contributed by atoms with van der Waals surface area (Å²) in [6.45, 7) is 6.66. The summed E-state index contributed by atoms with van der Waals surface area (Å²) in [7, 11) is -4.11. The minimum absolute atomic E-state index is 0.0328. The van der Waals surface area contributed by atoms with Gasteiger partial charge in [-0.1, -0.05) is 13.8 Å². The lowest BCUT2D eigenvalue weighted by Crippen LogP contribution is -2.34. The smallest absolute Gasteiger partial charge is 0.330 e. The maximum atomic E-state index is 12.7. The van der Waals surface area contributed by atoms with Crippen LogP contribution in [-0.4, -0.2) is 68.8 Å². The van der Waals surface area contributed by atoms with Gasteiger partial charge >= 0.3 is 5.69 Å². The minimum Gasteiger partial charge on any atom is -0.778 e. The summed E-state index contributed by atoms with van der Waals surface area (Å²) in [5.74, 6) is 0.0478. The van der Waals surface area contributed by atoms with E-state index in [0.29, 0.717) is 43.0 Å². The summed E-state index contributed by atoms with van der Waals surface area (Å²) in [4.78, 5) is 75.0. The van der Waals surface area contributed by atoms with Crippen molar-refractivity contribution in [3.8, 4) is 0 Å². The maximum Gasteiger partial charge on any atom is 0.330 e. The fourth-order valence-corrected chi connectivity index (χ4v) is 5.20. The third-order valence-electron chi connectivity index (χ3n) is 6.81. The van der Waals surface area contributed by atoms with Crippen molar-refractivity contribution < 1.29 is 28.3 Å². The lowest BCUT2D eigenvalue weighted by atomic mass is 10.2. The first-order valence-electron chi connectivity index (χ1n) is 14.1. The molecule has 1 fully saturated rings. The van der Waals surface area contributed by atoms with Crippen LogP contribution in [0.25, 0.3) is 6.08 Å². The molecular formula is C27H36N6O9P-. The third-order valence-corrected chi connectivity index (χ3v) is 8.58. The maximum absolute atomic E-state index is 12.7. The molecule has 16 heteroatoms. The summed E-state index contributed by atoms with van der Waals surface area (Å²) < 4.78 is 30.4. The van der Waals surface area contributed by atoms with Crippen molar-refractivity contribution in [3.63, 3.8) is 0 Å². The average molecular weight is 620 g/mol. The SMILES string of the molecule is CC(C)OC1C[C@H](n2cc(/C=C/C(=O)NCCCc3nc4c(c(=O)[nH]3)N=CC4)c(=O)[nH]c2=O)O[C@@H]1COP(=O)([O-])C(C)C. The fraction of sp³-hybridized carbons (Fsp3) is 0.556. The molecule has 0 aromatic carbocycles. The fourth-order valence-electron chi connectivity index (χ4n) is 4.55. The number of hydrogen-bond acceptors (Lipinski definition) is 11. The summed E-state index contributed by atoms with van der Waals surface area (Å²) in [5, 5.41) is 2.70. The Labute approximate surface area is 246 Å². The Kier molecular flexibility index (Phi) is 10.5. The molecule has 0 spiro atoms. The zero-order valence-corrected chi connectivity index (χ0v) is 25.3. The molecule has 4 heterocycles. The van der Waals surface area contributed by atoms with E-state index in [1.54, 1.807) is 6.21 Å². The first-order chi connectivity index (χ1) is 20.3. The van der Waals surface area contributed by atoms with Crippen LogP contribution in [0, 0.1) is 0 Å². The monoisotopic (exact) mass is 619 g/mol. The Morgan fingerprint density at radius 3 is 2.74 bits per heavy atom. The molecule has 2 aromatic heterocycles. The second-order valence-corrected chi connectivity index (χ2v) is 13.2. The Hall–Kier alpha value is -3.49. The average Bonchev–Trinajstić information content (AvgIpc) is 3.56. The molecule has 2 aliphatic rings. The van der Waals surface area contributed by atoms with E-state index in [-0.39, 0.29) is 30.3 Å². The van der Waals surface area contributed by atoms with Crippen molar-refractivity contribution in [2.45, 2.75) is 83.6 Å². The van der Waals surface area contributed by atoms with E-state index in [9.17, 15) is 28.6 Å². The zero-order valence-electron chi connectivity index (χ0n) is 24.4. The van der Waals surface area contributed by atoms with Crippen LogP contribution >= 0.6 is 7.60 Å². The van der Waals surface area contributed by atoms with E-state index >= 15 is 0 Å². The first-order valence-corrected chi connectivity index (χ1v) is 15.7. The number of aromatic amines is 2. The number of hydrogen-bond donors (Lipinski definition) is 3. The van der Waals surface area contributed by atoms with Crippen LogP contribution in [0.4, 0.5) is 5.69 Å². The number of carbonyl (C=O) groups excluding carboxylic acids is 1. The van der Waals surface area contributed by atoms with E-state index in [2.05, 4.69) is 25.3 Å². The van der Waals surface area contributed by atoms with Gasteiger partial charge in [-0.3, -0.25) is 28.9 Å². The Morgan fingerprint density at radius 1 is 1.26 bits per heavy atom. The van der Waals surface area contributed by atoms with Crippen LogP contribution in [0.2, 0.25) is 0 Å². The largest absolute Gasteiger partial charge is 0.778 e. The number of aromatic nitrogens is 4. The van der Waals surface area contributed by atoms with E-state index in [4.69, 9.17) is 14.0 Å². The number of nitrogens with one attached hydrogen (secondary N) is 3. The van der Waals surface area contributed by atoms with Gasteiger partial charge < -0.3 is 33.8 Å². The van der Waals surface area contributed by atoms with Gasteiger partial charge in [-0.25, -0.2) is 9.78 Å². The molecule has 234 valence electrons. The molecule has 0 radical (unpaired) electrons. The van der Waals surface area contributed by atoms with Gasteiger partial charge in [-0.05, 0) is 26.3 Å². The number of fused-ring (bicyclic) bond motifs is 1. The van der Waals surface area contributed by atoms with Gasteiger partial charge in [0.2, 0.25) is 5.91 Å². The highest BCUT2D eigenvalue weighted by atomic mass is 31.2. The van der Waals surface area contributed by atoms with Crippen molar-refractivity contribution in [3.05, 3.63) is 60.5 Å². The molecule has 4 rings (SSSR count). The number of aliphatic imine (C=N–C) groups is 1. The number of carbonyl (C=O) groups is 1. The van der Waals surface area contributed by atoms with E-state index in [1.807, 2.05) is 13.8 Å². The highest BCUT2D eigenvalue weighted by Gasteiger charge is 2.39. The van der Waals surface area contributed by atoms with Crippen molar-refractivity contribution in [2.75, 3.05) is 13.2 Å². The molecule has 2 unspecified atom stereocenters. The van der Waals surface area contributed by atoms with E-state index in [0.717, 1.165) is 0 Å². The van der Waals surface area contributed by atoms with Crippen molar-refractivity contribution in [1.82, 2.24) is 24.8 Å². The number of ether oxygens (including phenoxy) is 2. The molecule has 2 aliphatic heterocycles. The molecule has 2 aromatic rings. The van der Waals surface area contributed by atoms with E-state index in [1.165, 1.54) is 36.8 Å². The van der Waals surface area contributed by atoms with Crippen LogP contribution in [0.3, 0.4) is 0 Å². The van der Waals surface area contributed by atoms with Crippen molar-refractivity contribution in [1.29, 1.82) is 0 Å². The van der Waals surface area contributed by atoms with Gasteiger partial charge in [0, 0.05) is 50.0 Å². The highest BCUT2D eigenvalue weighted by molar-refractivity contribution is 7.52. The molecular weight excluding hydrogens is 583 g/mol. The summed E-state index contributed by atoms with van der Waals surface area (Å²) >= 11 is 0. The Balaban J connectivity index is 1.37.